The Kier molecular flexibility index (Phi) is 4.53. The van der Waals surface area contributed by atoms with Crippen LogP contribution < -0.4 is 4.90 Å². The number of likely N-dealkylation sites (tertiary alicyclic amines) is 1. The Bertz CT molecular complexity index is 776. The van der Waals surface area contributed by atoms with Gasteiger partial charge in [0.15, 0.2) is 0 Å². The molecule has 2 heterocycles. The molecule has 1 unspecified atom stereocenters. The van der Waals surface area contributed by atoms with Gasteiger partial charge in [-0.1, -0.05) is 30.3 Å². The van der Waals surface area contributed by atoms with E-state index in [-0.39, 0.29) is 17.8 Å². The van der Waals surface area contributed by atoms with E-state index in [1.165, 1.54) is 11.6 Å². The van der Waals surface area contributed by atoms with E-state index in [9.17, 15) is 9.18 Å². The van der Waals surface area contributed by atoms with Crippen LogP contribution in [-0.2, 0) is 11.2 Å². The number of hydrogen-bond donors (Lipinski definition) is 0. The largest absolute Gasteiger partial charge is 0.311 e. The average Bonchev–Trinajstić information content (AvgIpc) is 3.09. The number of aryl methyl sites for hydroxylation is 1. The number of hydrogen-bond acceptors (Lipinski definition) is 2. The van der Waals surface area contributed by atoms with Gasteiger partial charge in [-0.05, 0) is 61.6 Å². The van der Waals surface area contributed by atoms with Crippen molar-refractivity contribution < 1.29 is 9.18 Å². The summed E-state index contributed by atoms with van der Waals surface area (Å²) in [7, 11) is 0. The van der Waals surface area contributed by atoms with Crippen LogP contribution >= 0.6 is 0 Å². The number of para-hydroxylation sites is 1. The summed E-state index contributed by atoms with van der Waals surface area (Å²) in [6.45, 7) is 2.08. The molecule has 0 bridgehead atoms. The molecule has 130 valence electrons. The van der Waals surface area contributed by atoms with Gasteiger partial charge in [-0.3, -0.25) is 9.69 Å². The molecule has 2 aromatic rings. The third-order valence-electron chi connectivity index (χ3n) is 5.35. The fraction of sp³-hybridized carbons (Fsp3) is 0.381. The highest BCUT2D eigenvalue weighted by Gasteiger charge is 2.30. The van der Waals surface area contributed by atoms with Crippen LogP contribution in [0.25, 0.3) is 0 Å². The Morgan fingerprint density at radius 3 is 2.84 bits per heavy atom. The van der Waals surface area contributed by atoms with Crippen LogP contribution in [0.3, 0.4) is 0 Å². The maximum Gasteiger partial charge on any atom is 0.241 e. The quantitative estimate of drug-likeness (QED) is 0.846. The van der Waals surface area contributed by atoms with E-state index < -0.39 is 0 Å². The number of benzene rings is 2. The molecular weight excluding hydrogens is 315 g/mol. The van der Waals surface area contributed by atoms with Gasteiger partial charge in [0.05, 0.1) is 6.54 Å². The lowest BCUT2D eigenvalue weighted by molar-refractivity contribution is -0.120. The van der Waals surface area contributed by atoms with Crippen molar-refractivity contribution in [2.45, 2.75) is 31.7 Å². The molecular formula is C21H23FN2O. The van der Waals surface area contributed by atoms with Crippen molar-refractivity contribution in [3.05, 3.63) is 65.5 Å². The Morgan fingerprint density at radius 2 is 1.96 bits per heavy atom. The molecule has 3 nitrogen and oxygen atoms in total. The van der Waals surface area contributed by atoms with Gasteiger partial charge in [-0.25, -0.2) is 4.39 Å². The summed E-state index contributed by atoms with van der Waals surface area (Å²) in [5.74, 6) is -0.0592. The van der Waals surface area contributed by atoms with Crippen molar-refractivity contribution in [2.24, 2.45) is 0 Å². The summed E-state index contributed by atoms with van der Waals surface area (Å²) in [5, 5.41) is 0. The van der Waals surface area contributed by atoms with Crippen molar-refractivity contribution in [3.8, 4) is 0 Å². The van der Waals surface area contributed by atoms with Crippen molar-refractivity contribution in [3.63, 3.8) is 0 Å². The van der Waals surface area contributed by atoms with Gasteiger partial charge >= 0.3 is 0 Å². The molecule has 0 N–H and O–H groups in total. The first-order chi connectivity index (χ1) is 12.2. The maximum atomic E-state index is 13.6. The molecule has 1 amide bonds. The zero-order chi connectivity index (χ0) is 17.2. The highest BCUT2D eigenvalue weighted by atomic mass is 19.1. The molecule has 0 spiro atoms. The Morgan fingerprint density at radius 1 is 1.08 bits per heavy atom. The molecule has 1 saturated heterocycles. The predicted molar refractivity (Wildman–Crippen MR) is 97.1 cm³/mol. The Balaban J connectivity index is 1.51. The van der Waals surface area contributed by atoms with Gasteiger partial charge in [0.1, 0.15) is 5.82 Å². The molecule has 25 heavy (non-hydrogen) atoms. The Hall–Kier alpha value is -2.20. The topological polar surface area (TPSA) is 23.6 Å². The monoisotopic (exact) mass is 338 g/mol. The molecule has 2 aromatic carbocycles. The zero-order valence-electron chi connectivity index (χ0n) is 14.3. The minimum absolute atomic E-state index is 0.139. The van der Waals surface area contributed by atoms with Crippen LogP contribution in [0.15, 0.2) is 48.5 Å². The van der Waals surface area contributed by atoms with Crippen molar-refractivity contribution in [2.75, 3.05) is 24.5 Å². The standard InChI is InChI=1S/C21H23FN2O/c22-18-9-3-7-17(14-18)19-11-5-12-23(19)15-21(25)24-13-4-8-16-6-1-2-10-20(16)24/h1-3,6-7,9-10,14,19H,4-5,8,11-13,15H2. The summed E-state index contributed by atoms with van der Waals surface area (Å²) in [6, 6.07) is 15.1. The van der Waals surface area contributed by atoms with Crippen LogP contribution in [0.5, 0.6) is 0 Å². The van der Waals surface area contributed by atoms with E-state index in [2.05, 4.69) is 11.0 Å². The highest BCUT2D eigenvalue weighted by molar-refractivity contribution is 5.96. The van der Waals surface area contributed by atoms with Gasteiger partial charge in [-0.15, -0.1) is 0 Å². The lowest BCUT2D eigenvalue weighted by atomic mass is 10.0. The summed E-state index contributed by atoms with van der Waals surface area (Å²) in [4.78, 5) is 17.1. The van der Waals surface area contributed by atoms with Gasteiger partial charge in [0.2, 0.25) is 5.91 Å². The molecule has 2 aliphatic heterocycles. The lowest BCUT2D eigenvalue weighted by Crippen LogP contribution is -2.42. The molecule has 4 rings (SSSR count). The molecule has 1 atom stereocenters. The van der Waals surface area contributed by atoms with Crippen molar-refractivity contribution in [1.29, 1.82) is 0 Å². The highest BCUT2D eigenvalue weighted by Crippen LogP contribution is 2.33. The van der Waals surface area contributed by atoms with E-state index >= 15 is 0 Å². The van der Waals surface area contributed by atoms with Crippen molar-refractivity contribution >= 4 is 11.6 Å². The second kappa shape index (κ2) is 6.96. The lowest BCUT2D eigenvalue weighted by Gasteiger charge is -2.32. The third kappa shape index (κ3) is 3.31. The van der Waals surface area contributed by atoms with Gasteiger partial charge < -0.3 is 4.90 Å². The fourth-order valence-corrected chi connectivity index (χ4v) is 4.16. The first kappa shape index (κ1) is 16.3. The molecule has 0 saturated carbocycles. The van der Waals surface area contributed by atoms with Crippen molar-refractivity contribution in [1.82, 2.24) is 4.90 Å². The van der Waals surface area contributed by atoms with E-state index in [4.69, 9.17) is 0 Å². The van der Waals surface area contributed by atoms with E-state index in [0.29, 0.717) is 6.54 Å². The van der Waals surface area contributed by atoms with Gasteiger partial charge in [-0.2, -0.15) is 0 Å². The summed E-state index contributed by atoms with van der Waals surface area (Å²) in [6.07, 6.45) is 4.07. The number of fused-ring (bicyclic) bond motifs is 1. The first-order valence-corrected chi connectivity index (χ1v) is 9.10. The Labute approximate surface area is 148 Å². The van der Waals surface area contributed by atoms with Crippen LogP contribution in [0.2, 0.25) is 0 Å². The smallest absolute Gasteiger partial charge is 0.241 e. The van der Waals surface area contributed by atoms with Crippen LogP contribution in [-0.4, -0.2) is 30.4 Å². The number of amides is 1. The predicted octanol–water partition coefficient (Wildman–Crippen LogP) is 3.94. The number of carbonyl (C=O) groups excluding carboxylic acids is 1. The number of rotatable bonds is 3. The number of halogens is 1. The van der Waals surface area contributed by atoms with Crippen LogP contribution in [0.1, 0.15) is 36.4 Å². The normalized spacial score (nSPS) is 20.5. The second-order valence-electron chi connectivity index (χ2n) is 6.96. The molecule has 0 aliphatic carbocycles. The summed E-state index contributed by atoms with van der Waals surface area (Å²) < 4.78 is 13.6. The number of nitrogens with zero attached hydrogens (tertiary/aromatic N) is 2. The summed E-state index contributed by atoms with van der Waals surface area (Å²) >= 11 is 0. The first-order valence-electron chi connectivity index (χ1n) is 9.10. The van der Waals surface area contributed by atoms with E-state index in [1.807, 2.05) is 29.2 Å². The number of anilines is 1. The van der Waals surface area contributed by atoms with E-state index in [0.717, 1.165) is 50.0 Å². The molecule has 4 heteroatoms. The third-order valence-corrected chi connectivity index (χ3v) is 5.35. The average molecular weight is 338 g/mol. The van der Waals surface area contributed by atoms with Gasteiger partial charge in [0.25, 0.3) is 0 Å². The molecule has 1 fully saturated rings. The minimum atomic E-state index is -0.208. The zero-order valence-corrected chi connectivity index (χ0v) is 14.3. The van der Waals surface area contributed by atoms with E-state index in [1.54, 1.807) is 12.1 Å². The van der Waals surface area contributed by atoms with Crippen LogP contribution in [0.4, 0.5) is 10.1 Å². The molecule has 0 aromatic heterocycles. The number of carbonyl (C=O) groups is 1. The molecule has 2 aliphatic rings. The SMILES string of the molecule is O=C(CN1CCCC1c1cccc(F)c1)N1CCCc2ccccc21. The van der Waals surface area contributed by atoms with Crippen LogP contribution in [0, 0.1) is 5.82 Å². The molecule has 0 radical (unpaired) electrons. The maximum absolute atomic E-state index is 13.6. The fourth-order valence-electron chi connectivity index (χ4n) is 4.16. The van der Waals surface area contributed by atoms with Gasteiger partial charge in [0, 0.05) is 18.3 Å². The second-order valence-corrected chi connectivity index (χ2v) is 6.96. The minimum Gasteiger partial charge on any atom is -0.311 e. The summed E-state index contributed by atoms with van der Waals surface area (Å²) in [5.41, 5.74) is 3.29.